The molecule has 0 bridgehead atoms. The standard InChI is InChI=1S/C17H12ClF3N2O2/c18-13-5-1-3-11(7-13)8-15-22-23-16(25-15)12-4-2-6-14(9-12)24-10-17(19,20)21/h1-7,9H,8,10H2. The predicted octanol–water partition coefficient (Wildman–Crippen LogP) is 4.92. The van der Waals surface area contributed by atoms with E-state index >= 15 is 0 Å². The summed E-state index contributed by atoms with van der Waals surface area (Å²) in [6, 6.07) is 13.3. The van der Waals surface area contributed by atoms with Crippen LogP contribution < -0.4 is 4.74 Å². The van der Waals surface area contributed by atoms with Gasteiger partial charge < -0.3 is 9.15 Å². The van der Waals surface area contributed by atoms with Crippen LogP contribution in [0, 0.1) is 0 Å². The molecule has 3 aromatic rings. The first-order chi connectivity index (χ1) is 11.9. The van der Waals surface area contributed by atoms with Crippen molar-refractivity contribution in [3.63, 3.8) is 0 Å². The number of rotatable bonds is 5. The lowest BCUT2D eigenvalue weighted by atomic mass is 10.1. The molecule has 0 amide bonds. The molecule has 0 N–H and O–H groups in total. The van der Waals surface area contributed by atoms with Crippen LogP contribution in [0.5, 0.6) is 5.75 Å². The maximum Gasteiger partial charge on any atom is 0.422 e. The van der Waals surface area contributed by atoms with Crippen molar-refractivity contribution in [1.29, 1.82) is 0 Å². The minimum atomic E-state index is -4.40. The fraction of sp³-hybridized carbons (Fsp3) is 0.176. The number of halogens is 4. The number of ether oxygens (including phenoxy) is 1. The van der Waals surface area contributed by atoms with Crippen LogP contribution in [0.1, 0.15) is 11.5 Å². The highest BCUT2D eigenvalue weighted by Gasteiger charge is 2.28. The Hall–Kier alpha value is -2.54. The third-order valence-corrected chi connectivity index (χ3v) is 3.43. The van der Waals surface area contributed by atoms with E-state index in [1.165, 1.54) is 12.1 Å². The molecule has 0 radical (unpaired) electrons. The minimum Gasteiger partial charge on any atom is -0.484 e. The van der Waals surface area contributed by atoms with Crippen molar-refractivity contribution in [3.8, 4) is 17.2 Å². The van der Waals surface area contributed by atoms with Gasteiger partial charge in [0.25, 0.3) is 0 Å². The van der Waals surface area contributed by atoms with E-state index in [4.69, 9.17) is 20.8 Å². The van der Waals surface area contributed by atoms with E-state index in [2.05, 4.69) is 10.2 Å². The number of alkyl halides is 3. The Labute approximate surface area is 146 Å². The molecule has 0 aliphatic carbocycles. The molecule has 8 heteroatoms. The molecule has 2 aromatic carbocycles. The first kappa shape index (κ1) is 17.3. The van der Waals surface area contributed by atoms with Crippen LogP contribution >= 0.6 is 11.6 Å². The minimum absolute atomic E-state index is 0.0735. The first-order valence-corrected chi connectivity index (χ1v) is 7.64. The monoisotopic (exact) mass is 368 g/mol. The van der Waals surface area contributed by atoms with E-state index in [0.29, 0.717) is 22.9 Å². The molecule has 130 valence electrons. The summed E-state index contributed by atoms with van der Waals surface area (Å²) in [5, 5.41) is 8.48. The molecular formula is C17H12ClF3N2O2. The largest absolute Gasteiger partial charge is 0.484 e. The predicted molar refractivity (Wildman–Crippen MR) is 85.5 cm³/mol. The molecule has 1 aromatic heterocycles. The molecule has 1 heterocycles. The van der Waals surface area contributed by atoms with Gasteiger partial charge in [0, 0.05) is 10.6 Å². The molecule has 0 saturated carbocycles. The van der Waals surface area contributed by atoms with Gasteiger partial charge >= 0.3 is 6.18 Å². The highest BCUT2D eigenvalue weighted by atomic mass is 35.5. The molecule has 0 spiro atoms. The van der Waals surface area contributed by atoms with Gasteiger partial charge in [0.05, 0.1) is 6.42 Å². The first-order valence-electron chi connectivity index (χ1n) is 7.26. The topological polar surface area (TPSA) is 48.2 Å². The van der Waals surface area contributed by atoms with Gasteiger partial charge in [0.15, 0.2) is 6.61 Å². The Morgan fingerprint density at radius 2 is 1.84 bits per heavy atom. The number of hydrogen-bond acceptors (Lipinski definition) is 4. The second-order valence-corrected chi connectivity index (χ2v) is 5.68. The Balaban J connectivity index is 1.73. The average molecular weight is 369 g/mol. The Kier molecular flexibility index (Phi) is 4.94. The lowest BCUT2D eigenvalue weighted by Gasteiger charge is -2.09. The van der Waals surface area contributed by atoms with Crippen molar-refractivity contribution in [2.45, 2.75) is 12.6 Å². The summed E-state index contributed by atoms with van der Waals surface area (Å²) < 4.78 is 47.0. The van der Waals surface area contributed by atoms with Gasteiger partial charge in [0.1, 0.15) is 5.75 Å². The van der Waals surface area contributed by atoms with Gasteiger partial charge in [-0.1, -0.05) is 29.8 Å². The Morgan fingerprint density at radius 3 is 2.60 bits per heavy atom. The average Bonchev–Trinajstić information content (AvgIpc) is 3.01. The number of aromatic nitrogens is 2. The number of benzene rings is 2. The SMILES string of the molecule is FC(F)(F)COc1cccc(-c2nnc(Cc3cccc(Cl)c3)o2)c1. The molecule has 0 aliphatic rings. The van der Waals surface area contributed by atoms with E-state index < -0.39 is 12.8 Å². The summed E-state index contributed by atoms with van der Waals surface area (Å²) in [5.74, 6) is 0.651. The highest BCUT2D eigenvalue weighted by Crippen LogP contribution is 2.25. The second-order valence-electron chi connectivity index (χ2n) is 5.24. The van der Waals surface area contributed by atoms with Crippen LogP contribution in [0.2, 0.25) is 5.02 Å². The zero-order chi connectivity index (χ0) is 17.9. The maximum absolute atomic E-state index is 12.2. The zero-order valence-electron chi connectivity index (χ0n) is 12.8. The van der Waals surface area contributed by atoms with Crippen LogP contribution in [0.3, 0.4) is 0 Å². The van der Waals surface area contributed by atoms with Crippen molar-refractivity contribution in [2.75, 3.05) is 6.61 Å². The van der Waals surface area contributed by atoms with Gasteiger partial charge in [-0.05, 0) is 35.9 Å². The lowest BCUT2D eigenvalue weighted by molar-refractivity contribution is -0.153. The highest BCUT2D eigenvalue weighted by molar-refractivity contribution is 6.30. The van der Waals surface area contributed by atoms with E-state index in [-0.39, 0.29) is 11.6 Å². The lowest BCUT2D eigenvalue weighted by Crippen LogP contribution is -2.19. The van der Waals surface area contributed by atoms with E-state index in [1.54, 1.807) is 24.3 Å². The molecule has 0 atom stereocenters. The van der Waals surface area contributed by atoms with Crippen molar-refractivity contribution in [2.24, 2.45) is 0 Å². The maximum atomic E-state index is 12.2. The normalized spacial score (nSPS) is 11.5. The van der Waals surface area contributed by atoms with E-state index in [1.807, 2.05) is 12.1 Å². The summed E-state index contributed by atoms with van der Waals surface area (Å²) in [5.41, 5.74) is 1.38. The van der Waals surface area contributed by atoms with Crippen LogP contribution in [-0.2, 0) is 6.42 Å². The van der Waals surface area contributed by atoms with Crippen LogP contribution in [0.25, 0.3) is 11.5 Å². The van der Waals surface area contributed by atoms with Gasteiger partial charge in [-0.3, -0.25) is 0 Å². The van der Waals surface area contributed by atoms with Crippen molar-refractivity contribution in [1.82, 2.24) is 10.2 Å². The summed E-state index contributed by atoms with van der Waals surface area (Å²) in [7, 11) is 0. The van der Waals surface area contributed by atoms with Crippen molar-refractivity contribution < 1.29 is 22.3 Å². The third kappa shape index (κ3) is 4.96. The van der Waals surface area contributed by atoms with Gasteiger partial charge in [-0.25, -0.2) is 0 Å². The zero-order valence-corrected chi connectivity index (χ0v) is 13.5. The summed E-state index contributed by atoms with van der Waals surface area (Å²) in [4.78, 5) is 0. The smallest absolute Gasteiger partial charge is 0.422 e. The molecule has 3 rings (SSSR count). The molecule has 4 nitrogen and oxygen atoms in total. The molecule has 0 unspecified atom stereocenters. The third-order valence-electron chi connectivity index (χ3n) is 3.19. The van der Waals surface area contributed by atoms with Crippen LogP contribution in [0.15, 0.2) is 52.9 Å². The van der Waals surface area contributed by atoms with Gasteiger partial charge in [-0.2, -0.15) is 13.2 Å². The second kappa shape index (κ2) is 7.14. The summed E-state index contributed by atoms with van der Waals surface area (Å²) in [6.45, 7) is -1.36. The fourth-order valence-corrected chi connectivity index (χ4v) is 2.36. The van der Waals surface area contributed by atoms with Crippen molar-refractivity contribution >= 4 is 11.6 Å². The molecule has 0 saturated heterocycles. The Bertz CT molecular complexity index is 865. The van der Waals surface area contributed by atoms with Crippen molar-refractivity contribution in [3.05, 3.63) is 65.0 Å². The van der Waals surface area contributed by atoms with Crippen LogP contribution in [0.4, 0.5) is 13.2 Å². The van der Waals surface area contributed by atoms with Gasteiger partial charge in [-0.15, -0.1) is 10.2 Å². The summed E-state index contributed by atoms with van der Waals surface area (Å²) >= 11 is 5.93. The number of nitrogens with zero attached hydrogens (tertiary/aromatic N) is 2. The number of hydrogen-bond donors (Lipinski definition) is 0. The fourth-order valence-electron chi connectivity index (χ4n) is 2.15. The molecule has 0 aliphatic heterocycles. The van der Waals surface area contributed by atoms with E-state index in [0.717, 1.165) is 5.56 Å². The van der Waals surface area contributed by atoms with Crippen LogP contribution in [-0.4, -0.2) is 23.0 Å². The van der Waals surface area contributed by atoms with Gasteiger partial charge in [0.2, 0.25) is 11.8 Å². The van der Waals surface area contributed by atoms with E-state index in [9.17, 15) is 13.2 Å². The molecule has 25 heavy (non-hydrogen) atoms. The molecule has 0 fully saturated rings. The Morgan fingerprint density at radius 1 is 1.04 bits per heavy atom. The quantitative estimate of drug-likeness (QED) is 0.641. The molecular weight excluding hydrogens is 357 g/mol. The summed E-state index contributed by atoms with van der Waals surface area (Å²) in [6.07, 6.45) is -4.00.